The van der Waals surface area contributed by atoms with Crippen molar-refractivity contribution in [3.63, 3.8) is 0 Å². The largest absolute Gasteiger partial charge is 0.497 e. The minimum Gasteiger partial charge on any atom is -0.497 e. The van der Waals surface area contributed by atoms with Gasteiger partial charge in [0, 0.05) is 17.2 Å². The minimum atomic E-state index is -0.302. The van der Waals surface area contributed by atoms with Crippen LogP contribution in [0.15, 0.2) is 47.6 Å². The number of amides is 1. The molecular weight excluding hydrogens is 332 g/mol. The maximum absolute atomic E-state index is 12.2. The lowest BCUT2D eigenvalue weighted by molar-refractivity contribution is 0.0955. The van der Waals surface area contributed by atoms with E-state index in [1.165, 1.54) is 6.21 Å². The fourth-order valence-corrected chi connectivity index (χ4v) is 2.12. The van der Waals surface area contributed by atoms with Crippen molar-refractivity contribution in [2.45, 2.75) is 13.8 Å². The number of ether oxygens (including phenoxy) is 3. The molecule has 2 aromatic rings. The van der Waals surface area contributed by atoms with Gasteiger partial charge in [0.2, 0.25) is 0 Å². The molecule has 0 atom stereocenters. The van der Waals surface area contributed by atoms with Crippen LogP contribution in [0.1, 0.15) is 29.8 Å². The van der Waals surface area contributed by atoms with Crippen LogP contribution in [-0.4, -0.2) is 32.9 Å². The Bertz CT molecular complexity index is 755. The van der Waals surface area contributed by atoms with E-state index in [0.29, 0.717) is 29.6 Å². The van der Waals surface area contributed by atoms with Crippen molar-refractivity contribution in [2.75, 3.05) is 20.8 Å². The zero-order chi connectivity index (χ0) is 18.9. The molecule has 138 valence electrons. The quantitative estimate of drug-likeness (QED) is 0.580. The first-order chi connectivity index (χ1) is 12.5. The van der Waals surface area contributed by atoms with E-state index in [-0.39, 0.29) is 5.91 Å². The highest BCUT2D eigenvalue weighted by Gasteiger charge is 2.06. The summed E-state index contributed by atoms with van der Waals surface area (Å²) in [5.41, 5.74) is 3.73. The Kier molecular flexibility index (Phi) is 7.02. The summed E-state index contributed by atoms with van der Waals surface area (Å²) in [6.07, 6.45) is 1.52. The molecule has 0 heterocycles. The number of carbonyl (C=O) groups excluding carboxylic acids is 1. The summed E-state index contributed by atoms with van der Waals surface area (Å²) in [4.78, 5) is 12.2. The Morgan fingerprint density at radius 3 is 2.38 bits per heavy atom. The highest BCUT2D eigenvalue weighted by Crippen LogP contribution is 2.23. The number of carbonyl (C=O) groups is 1. The van der Waals surface area contributed by atoms with Crippen LogP contribution in [0, 0.1) is 5.92 Å². The van der Waals surface area contributed by atoms with Gasteiger partial charge < -0.3 is 14.2 Å². The van der Waals surface area contributed by atoms with Gasteiger partial charge in [0.05, 0.1) is 27.0 Å². The SMILES string of the molecule is COc1ccc(/C=N/NC(=O)c2ccc(OCC(C)C)cc2)c(OC)c1. The van der Waals surface area contributed by atoms with Crippen molar-refractivity contribution in [3.8, 4) is 17.2 Å². The summed E-state index contributed by atoms with van der Waals surface area (Å²) in [7, 11) is 3.15. The van der Waals surface area contributed by atoms with E-state index in [1.54, 1.807) is 56.7 Å². The number of nitrogens with zero attached hydrogens (tertiary/aromatic N) is 1. The number of hydrogen-bond acceptors (Lipinski definition) is 5. The Morgan fingerprint density at radius 2 is 1.77 bits per heavy atom. The van der Waals surface area contributed by atoms with Gasteiger partial charge in [-0.3, -0.25) is 4.79 Å². The van der Waals surface area contributed by atoms with Crippen molar-refractivity contribution < 1.29 is 19.0 Å². The molecular formula is C20H24N2O4. The van der Waals surface area contributed by atoms with Gasteiger partial charge in [0.25, 0.3) is 5.91 Å². The van der Waals surface area contributed by atoms with Crippen LogP contribution in [0.25, 0.3) is 0 Å². The Morgan fingerprint density at radius 1 is 1.08 bits per heavy atom. The highest BCUT2D eigenvalue weighted by molar-refractivity contribution is 5.95. The Labute approximate surface area is 153 Å². The van der Waals surface area contributed by atoms with Gasteiger partial charge in [-0.2, -0.15) is 5.10 Å². The minimum absolute atomic E-state index is 0.302. The van der Waals surface area contributed by atoms with E-state index < -0.39 is 0 Å². The van der Waals surface area contributed by atoms with Gasteiger partial charge >= 0.3 is 0 Å². The number of rotatable bonds is 8. The fraction of sp³-hybridized carbons (Fsp3) is 0.300. The average molecular weight is 356 g/mol. The summed E-state index contributed by atoms with van der Waals surface area (Å²) in [5.74, 6) is 2.17. The zero-order valence-corrected chi connectivity index (χ0v) is 15.5. The summed E-state index contributed by atoms with van der Waals surface area (Å²) in [6, 6.07) is 12.3. The van der Waals surface area contributed by atoms with Crippen molar-refractivity contribution in [2.24, 2.45) is 11.0 Å². The van der Waals surface area contributed by atoms with Crippen LogP contribution in [0.5, 0.6) is 17.2 Å². The number of hydrogen-bond donors (Lipinski definition) is 1. The molecule has 0 spiro atoms. The first-order valence-electron chi connectivity index (χ1n) is 8.31. The molecule has 0 fully saturated rings. The van der Waals surface area contributed by atoms with E-state index in [0.717, 1.165) is 11.3 Å². The summed E-state index contributed by atoms with van der Waals surface area (Å²) >= 11 is 0. The van der Waals surface area contributed by atoms with Crippen LogP contribution in [0.2, 0.25) is 0 Å². The van der Waals surface area contributed by atoms with Crippen LogP contribution < -0.4 is 19.6 Å². The third-order valence-electron chi connectivity index (χ3n) is 3.51. The van der Waals surface area contributed by atoms with Crippen LogP contribution in [-0.2, 0) is 0 Å². The van der Waals surface area contributed by atoms with Crippen molar-refractivity contribution in [3.05, 3.63) is 53.6 Å². The van der Waals surface area contributed by atoms with Gasteiger partial charge in [0.15, 0.2) is 0 Å². The molecule has 0 radical (unpaired) electrons. The molecule has 0 saturated carbocycles. The molecule has 2 aromatic carbocycles. The first kappa shape index (κ1) is 19.3. The maximum Gasteiger partial charge on any atom is 0.271 e. The third kappa shape index (κ3) is 5.51. The molecule has 0 aliphatic carbocycles. The first-order valence-corrected chi connectivity index (χ1v) is 8.31. The molecule has 6 nitrogen and oxygen atoms in total. The van der Waals surface area contributed by atoms with Crippen molar-refractivity contribution in [1.29, 1.82) is 0 Å². The van der Waals surface area contributed by atoms with E-state index >= 15 is 0 Å². The number of nitrogens with one attached hydrogen (secondary N) is 1. The molecule has 0 aliphatic rings. The van der Waals surface area contributed by atoms with Crippen LogP contribution in [0.4, 0.5) is 0 Å². The summed E-state index contributed by atoms with van der Waals surface area (Å²) in [6.45, 7) is 4.80. The zero-order valence-electron chi connectivity index (χ0n) is 15.5. The van der Waals surface area contributed by atoms with E-state index in [1.807, 2.05) is 0 Å². The van der Waals surface area contributed by atoms with Gasteiger partial charge in [-0.25, -0.2) is 5.43 Å². The summed E-state index contributed by atoms with van der Waals surface area (Å²) in [5, 5.41) is 3.99. The van der Waals surface area contributed by atoms with Crippen LogP contribution >= 0.6 is 0 Å². The second-order valence-electron chi connectivity index (χ2n) is 6.04. The van der Waals surface area contributed by atoms with E-state index in [2.05, 4.69) is 24.4 Å². The van der Waals surface area contributed by atoms with Crippen molar-refractivity contribution in [1.82, 2.24) is 5.43 Å². The molecule has 1 N–H and O–H groups in total. The molecule has 1 amide bonds. The lowest BCUT2D eigenvalue weighted by Gasteiger charge is -2.09. The smallest absolute Gasteiger partial charge is 0.271 e. The van der Waals surface area contributed by atoms with Gasteiger partial charge in [0.1, 0.15) is 17.2 Å². The van der Waals surface area contributed by atoms with Gasteiger partial charge in [-0.05, 0) is 42.3 Å². The van der Waals surface area contributed by atoms with Crippen LogP contribution in [0.3, 0.4) is 0 Å². The Balaban J connectivity index is 1.96. The summed E-state index contributed by atoms with van der Waals surface area (Å²) < 4.78 is 16.0. The number of hydrazone groups is 1. The van der Waals surface area contributed by atoms with Gasteiger partial charge in [-0.15, -0.1) is 0 Å². The third-order valence-corrected chi connectivity index (χ3v) is 3.51. The average Bonchev–Trinajstić information content (AvgIpc) is 2.66. The topological polar surface area (TPSA) is 69.2 Å². The molecule has 0 saturated heterocycles. The molecule has 0 aromatic heterocycles. The molecule has 0 unspecified atom stereocenters. The second-order valence-corrected chi connectivity index (χ2v) is 6.04. The number of benzene rings is 2. The van der Waals surface area contributed by atoms with Crippen molar-refractivity contribution >= 4 is 12.1 Å². The fourth-order valence-electron chi connectivity index (χ4n) is 2.12. The van der Waals surface area contributed by atoms with E-state index in [9.17, 15) is 4.79 Å². The van der Waals surface area contributed by atoms with E-state index in [4.69, 9.17) is 14.2 Å². The lowest BCUT2D eigenvalue weighted by atomic mass is 10.2. The van der Waals surface area contributed by atoms with Gasteiger partial charge in [-0.1, -0.05) is 13.8 Å². The lowest BCUT2D eigenvalue weighted by Crippen LogP contribution is -2.17. The standard InChI is InChI=1S/C20H24N2O4/c1-14(2)13-26-17-8-5-15(6-9-17)20(23)22-21-12-16-7-10-18(24-3)11-19(16)25-4/h5-12,14H,13H2,1-4H3,(H,22,23)/b21-12+. The molecule has 0 aliphatic heterocycles. The molecule has 0 bridgehead atoms. The molecule has 2 rings (SSSR count). The predicted molar refractivity (Wildman–Crippen MR) is 101 cm³/mol. The second kappa shape index (κ2) is 9.46. The maximum atomic E-state index is 12.2. The predicted octanol–water partition coefficient (Wildman–Crippen LogP) is 3.50. The normalized spacial score (nSPS) is 10.8. The highest BCUT2D eigenvalue weighted by atomic mass is 16.5. The number of methoxy groups -OCH3 is 2. The monoisotopic (exact) mass is 356 g/mol. The molecule has 26 heavy (non-hydrogen) atoms. The molecule has 6 heteroatoms. The Hall–Kier alpha value is -3.02.